The molecular formula is C23H29ClFN3O4. The van der Waals surface area contributed by atoms with E-state index in [2.05, 4.69) is 16.0 Å². The number of aliphatic hydroxyl groups excluding tert-OH is 1. The minimum Gasteiger partial charge on any atom is -0.484 e. The molecule has 0 spiro atoms. The molecule has 7 nitrogen and oxygen atoms in total. The molecule has 3 unspecified atom stereocenters. The van der Waals surface area contributed by atoms with E-state index in [1.807, 2.05) is 6.08 Å². The Morgan fingerprint density at radius 2 is 2.16 bits per heavy atom. The summed E-state index contributed by atoms with van der Waals surface area (Å²) in [6, 6.07) is 3.80. The Hall–Kier alpha value is -2.16. The van der Waals surface area contributed by atoms with Crippen LogP contribution in [0.4, 0.5) is 4.39 Å². The SMILES string of the molecule is O=C(COc1ccc(Cl)c(F)c1)NC1CC2(NC(=O)C3CC(/C=C/CO)CCN3)CC1C2. The van der Waals surface area contributed by atoms with Gasteiger partial charge in [-0.2, -0.15) is 0 Å². The van der Waals surface area contributed by atoms with Gasteiger partial charge >= 0.3 is 0 Å². The van der Waals surface area contributed by atoms with Gasteiger partial charge in [-0.3, -0.25) is 9.59 Å². The first-order chi connectivity index (χ1) is 15.4. The van der Waals surface area contributed by atoms with Gasteiger partial charge in [0.2, 0.25) is 5.91 Å². The lowest BCUT2D eigenvalue weighted by Crippen LogP contribution is -2.58. The van der Waals surface area contributed by atoms with Gasteiger partial charge in [0.05, 0.1) is 17.7 Å². The lowest BCUT2D eigenvalue weighted by Gasteiger charge is -2.40. The third-order valence-corrected chi connectivity index (χ3v) is 7.06. The molecule has 32 heavy (non-hydrogen) atoms. The quantitative estimate of drug-likeness (QED) is 0.440. The standard InChI is InChI=1S/C23H29ClFN3O4/c24-17-4-3-16(9-18(17)25)32-13-21(30)27-20-12-23(10-15(20)11-23)28-22(31)19-8-14(2-1-7-29)5-6-26-19/h1-4,9,14-15,19-20,26,29H,5-8,10-13H2,(H,27,30)(H,28,31)/b2-1+. The average Bonchev–Trinajstić information content (AvgIpc) is 3.26. The molecule has 1 saturated heterocycles. The fraction of sp³-hybridized carbons (Fsp3) is 0.565. The number of fused-ring (bicyclic) bond motifs is 1. The topological polar surface area (TPSA) is 99.7 Å². The number of allylic oxidation sites excluding steroid dienone is 1. The Morgan fingerprint density at radius 3 is 2.91 bits per heavy atom. The van der Waals surface area contributed by atoms with Gasteiger partial charge < -0.3 is 25.8 Å². The Morgan fingerprint density at radius 1 is 1.34 bits per heavy atom. The summed E-state index contributed by atoms with van der Waals surface area (Å²) in [5, 5.41) is 18.5. The van der Waals surface area contributed by atoms with Gasteiger partial charge in [0.15, 0.2) is 6.61 Å². The number of amides is 2. The van der Waals surface area contributed by atoms with Crippen LogP contribution < -0.4 is 20.7 Å². The first-order valence-corrected chi connectivity index (χ1v) is 11.5. The summed E-state index contributed by atoms with van der Waals surface area (Å²) < 4.78 is 18.8. The van der Waals surface area contributed by atoms with E-state index >= 15 is 0 Å². The third kappa shape index (κ3) is 5.24. The Balaban J connectivity index is 1.23. The van der Waals surface area contributed by atoms with Crippen molar-refractivity contribution in [3.63, 3.8) is 0 Å². The molecule has 3 aliphatic carbocycles. The zero-order valence-corrected chi connectivity index (χ0v) is 18.5. The second kappa shape index (κ2) is 9.77. The van der Waals surface area contributed by atoms with Crippen molar-refractivity contribution >= 4 is 23.4 Å². The Kier molecular flexibility index (Phi) is 7.02. The number of rotatable bonds is 8. The summed E-state index contributed by atoms with van der Waals surface area (Å²) in [4.78, 5) is 25.2. The number of nitrogens with one attached hydrogen (secondary N) is 3. The van der Waals surface area contributed by atoms with Gasteiger partial charge in [-0.05, 0) is 62.6 Å². The maximum Gasteiger partial charge on any atom is 0.258 e. The number of carbonyl (C=O) groups is 2. The van der Waals surface area contributed by atoms with Crippen LogP contribution in [-0.4, -0.2) is 54.3 Å². The van der Waals surface area contributed by atoms with E-state index in [9.17, 15) is 14.0 Å². The highest BCUT2D eigenvalue weighted by Crippen LogP contribution is 2.52. The molecule has 1 aromatic rings. The van der Waals surface area contributed by atoms with Crippen LogP contribution in [0, 0.1) is 17.7 Å². The van der Waals surface area contributed by atoms with E-state index < -0.39 is 5.82 Å². The molecule has 4 N–H and O–H groups in total. The molecule has 1 aliphatic heterocycles. The fourth-order valence-corrected chi connectivity index (χ4v) is 5.31. The van der Waals surface area contributed by atoms with Crippen molar-refractivity contribution in [1.82, 2.24) is 16.0 Å². The van der Waals surface area contributed by atoms with Gasteiger partial charge in [-0.1, -0.05) is 23.8 Å². The molecule has 9 heteroatoms. The van der Waals surface area contributed by atoms with Crippen LogP contribution in [-0.2, 0) is 9.59 Å². The number of benzene rings is 1. The number of hydrogen-bond donors (Lipinski definition) is 4. The number of hydrogen-bond acceptors (Lipinski definition) is 5. The first kappa shape index (κ1) is 23.0. The third-order valence-electron chi connectivity index (χ3n) is 6.76. The van der Waals surface area contributed by atoms with Crippen molar-refractivity contribution in [3.8, 4) is 5.75 Å². The minimum absolute atomic E-state index is 0.000416. The van der Waals surface area contributed by atoms with Crippen molar-refractivity contribution in [2.75, 3.05) is 19.8 Å². The molecule has 174 valence electrons. The summed E-state index contributed by atoms with van der Waals surface area (Å²) in [7, 11) is 0. The molecule has 1 heterocycles. The maximum atomic E-state index is 13.5. The zero-order chi connectivity index (χ0) is 22.7. The normalized spacial score (nSPS) is 31.2. The lowest BCUT2D eigenvalue weighted by atomic mass is 9.76. The van der Waals surface area contributed by atoms with Gasteiger partial charge in [0.25, 0.3) is 5.91 Å². The molecule has 5 rings (SSSR count). The van der Waals surface area contributed by atoms with E-state index in [-0.39, 0.29) is 59.3 Å². The second-order valence-corrected chi connectivity index (χ2v) is 9.49. The van der Waals surface area contributed by atoms with Crippen molar-refractivity contribution in [3.05, 3.63) is 41.2 Å². The monoisotopic (exact) mass is 465 g/mol. The number of ether oxygens (including phenoxy) is 1. The lowest BCUT2D eigenvalue weighted by molar-refractivity contribution is -0.127. The average molecular weight is 466 g/mol. The van der Waals surface area contributed by atoms with Gasteiger partial charge in [-0.15, -0.1) is 0 Å². The Labute approximate surface area is 191 Å². The van der Waals surface area contributed by atoms with Crippen LogP contribution in [0.3, 0.4) is 0 Å². The summed E-state index contributed by atoms with van der Waals surface area (Å²) in [5.74, 6) is 0.00968. The van der Waals surface area contributed by atoms with E-state index in [4.69, 9.17) is 21.4 Å². The summed E-state index contributed by atoms with van der Waals surface area (Å²) >= 11 is 5.65. The van der Waals surface area contributed by atoms with Gasteiger partial charge in [-0.25, -0.2) is 4.39 Å². The summed E-state index contributed by atoms with van der Waals surface area (Å²) in [5.41, 5.74) is -0.255. The summed E-state index contributed by atoms with van der Waals surface area (Å²) in [6.07, 6.45) is 7.79. The fourth-order valence-electron chi connectivity index (χ4n) is 5.19. The largest absolute Gasteiger partial charge is 0.484 e. The second-order valence-electron chi connectivity index (χ2n) is 9.08. The van der Waals surface area contributed by atoms with Crippen LogP contribution in [0.5, 0.6) is 5.75 Å². The molecule has 2 amide bonds. The molecule has 2 bridgehead atoms. The first-order valence-electron chi connectivity index (χ1n) is 11.1. The highest BCUT2D eigenvalue weighted by atomic mass is 35.5. The van der Waals surface area contributed by atoms with Crippen LogP contribution in [0.1, 0.15) is 32.1 Å². The van der Waals surface area contributed by atoms with Crippen molar-refractivity contribution in [2.24, 2.45) is 11.8 Å². The van der Waals surface area contributed by atoms with Crippen LogP contribution >= 0.6 is 11.6 Å². The summed E-state index contributed by atoms with van der Waals surface area (Å²) in [6.45, 7) is 0.572. The number of piperidine rings is 1. The predicted octanol–water partition coefficient (Wildman–Crippen LogP) is 1.93. The maximum absolute atomic E-state index is 13.5. The highest BCUT2D eigenvalue weighted by Gasteiger charge is 2.57. The molecule has 0 aromatic heterocycles. The smallest absolute Gasteiger partial charge is 0.258 e. The van der Waals surface area contributed by atoms with Gasteiger partial charge in [0, 0.05) is 17.6 Å². The van der Waals surface area contributed by atoms with Crippen molar-refractivity contribution in [2.45, 2.75) is 49.7 Å². The van der Waals surface area contributed by atoms with Gasteiger partial charge in [0.1, 0.15) is 11.6 Å². The Bertz CT molecular complexity index is 890. The van der Waals surface area contributed by atoms with Crippen LogP contribution in [0.2, 0.25) is 5.02 Å². The van der Waals surface area contributed by atoms with Crippen molar-refractivity contribution in [1.29, 1.82) is 0 Å². The van der Waals surface area contributed by atoms with Crippen LogP contribution in [0.25, 0.3) is 0 Å². The number of halogens is 2. The highest BCUT2D eigenvalue weighted by molar-refractivity contribution is 6.30. The number of carbonyl (C=O) groups excluding carboxylic acids is 2. The predicted molar refractivity (Wildman–Crippen MR) is 118 cm³/mol. The van der Waals surface area contributed by atoms with E-state index in [1.165, 1.54) is 12.1 Å². The minimum atomic E-state index is -0.595. The zero-order valence-electron chi connectivity index (χ0n) is 17.8. The van der Waals surface area contributed by atoms with E-state index in [1.54, 1.807) is 6.08 Å². The number of aliphatic hydroxyl groups is 1. The molecule has 3 saturated carbocycles. The van der Waals surface area contributed by atoms with Crippen molar-refractivity contribution < 1.29 is 23.8 Å². The molecular weight excluding hydrogens is 437 g/mol. The van der Waals surface area contributed by atoms with Crippen LogP contribution in [0.15, 0.2) is 30.4 Å². The van der Waals surface area contributed by atoms with E-state index in [0.717, 1.165) is 31.9 Å². The molecule has 4 aliphatic rings. The van der Waals surface area contributed by atoms with E-state index in [0.29, 0.717) is 18.8 Å². The molecule has 3 atom stereocenters. The molecule has 4 fully saturated rings. The molecule has 0 radical (unpaired) electrons. The molecule has 1 aromatic carbocycles.